The van der Waals surface area contributed by atoms with Crippen molar-refractivity contribution in [2.24, 2.45) is 0 Å². The molecule has 4 heteroatoms. The van der Waals surface area contributed by atoms with Crippen molar-refractivity contribution in [2.75, 3.05) is 7.11 Å². The predicted molar refractivity (Wildman–Crippen MR) is 44.0 cm³/mol. The van der Waals surface area contributed by atoms with Crippen LogP contribution in [0.15, 0.2) is 18.2 Å². The fraction of sp³-hybridized carbons (Fsp3) is 0.111. The Hall–Kier alpha value is -1.89. The van der Waals surface area contributed by atoms with Crippen LogP contribution in [0.25, 0.3) is 4.85 Å². The summed E-state index contributed by atoms with van der Waals surface area (Å²) in [5.41, 5.74) is 0.0000491. The van der Waals surface area contributed by atoms with Crippen molar-refractivity contribution in [3.05, 3.63) is 41.0 Å². The summed E-state index contributed by atoms with van der Waals surface area (Å²) >= 11 is 0. The second kappa shape index (κ2) is 3.68. The molecule has 0 N–H and O–H groups in total. The maximum Gasteiger partial charge on any atom is 0.340 e. The number of hydrogen-bond acceptors (Lipinski definition) is 2. The highest BCUT2D eigenvalue weighted by Crippen LogP contribution is 2.17. The van der Waals surface area contributed by atoms with Crippen molar-refractivity contribution < 1.29 is 13.9 Å². The molecule has 0 atom stereocenters. The lowest BCUT2D eigenvalue weighted by atomic mass is 10.2. The molecule has 0 aliphatic carbocycles. The Balaban J connectivity index is 3.14. The van der Waals surface area contributed by atoms with E-state index in [-0.39, 0.29) is 11.3 Å². The van der Waals surface area contributed by atoms with Gasteiger partial charge in [0, 0.05) is 0 Å². The molecule has 3 nitrogen and oxygen atoms in total. The monoisotopic (exact) mass is 179 g/mol. The molecular weight excluding hydrogens is 173 g/mol. The van der Waals surface area contributed by atoms with E-state index in [1.165, 1.54) is 19.2 Å². The third-order valence-corrected chi connectivity index (χ3v) is 1.49. The van der Waals surface area contributed by atoms with E-state index in [1.807, 2.05) is 0 Å². The topological polar surface area (TPSA) is 30.7 Å². The van der Waals surface area contributed by atoms with E-state index < -0.39 is 11.8 Å². The first kappa shape index (κ1) is 9.20. The number of carbonyl (C=O) groups excluding carboxylic acids is 1. The molecule has 0 saturated heterocycles. The van der Waals surface area contributed by atoms with Crippen molar-refractivity contribution in [1.82, 2.24) is 0 Å². The van der Waals surface area contributed by atoms with Gasteiger partial charge in [0.25, 0.3) is 0 Å². The van der Waals surface area contributed by atoms with Crippen LogP contribution in [0.1, 0.15) is 10.4 Å². The van der Waals surface area contributed by atoms with Gasteiger partial charge in [0.15, 0.2) is 5.69 Å². The van der Waals surface area contributed by atoms with Crippen molar-refractivity contribution in [3.8, 4) is 0 Å². The van der Waals surface area contributed by atoms with Gasteiger partial charge in [0.05, 0.1) is 19.2 Å². The van der Waals surface area contributed by atoms with Gasteiger partial charge in [-0.3, -0.25) is 0 Å². The van der Waals surface area contributed by atoms with Crippen molar-refractivity contribution >= 4 is 11.7 Å². The number of nitrogens with zero attached hydrogens (tertiary/aromatic N) is 1. The van der Waals surface area contributed by atoms with Crippen LogP contribution < -0.4 is 0 Å². The molecule has 0 aliphatic rings. The summed E-state index contributed by atoms with van der Waals surface area (Å²) < 4.78 is 17.4. The zero-order chi connectivity index (χ0) is 9.84. The molecule has 0 heterocycles. The molecule has 0 saturated carbocycles. The molecule has 1 aromatic rings. The van der Waals surface area contributed by atoms with E-state index in [2.05, 4.69) is 9.58 Å². The number of methoxy groups -OCH3 is 1. The van der Waals surface area contributed by atoms with Gasteiger partial charge in [-0.1, -0.05) is 12.1 Å². The molecule has 66 valence electrons. The normalized spacial score (nSPS) is 9.00. The predicted octanol–water partition coefficient (Wildman–Crippen LogP) is 2.16. The first-order chi connectivity index (χ1) is 6.19. The van der Waals surface area contributed by atoms with Crippen LogP contribution in [0, 0.1) is 12.4 Å². The largest absolute Gasteiger partial charge is 0.465 e. The number of rotatable bonds is 1. The lowest BCUT2D eigenvalue weighted by Gasteiger charge is -2.00. The fourth-order valence-corrected chi connectivity index (χ4v) is 0.849. The van der Waals surface area contributed by atoms with Crippen LogP contribution in [-0.2, 0) is 4.74 Å². The second-order valence-electron chi connectivity index (χ2n) is 2.27. The minimum absolute atomic E-state index is 0.157. The Morgan fingerprint density at radius 3 is 2.77 bits per heavy atom. The number of benzene rings is 1. The van der Waals surface area contributed by atoms with E-state index in [0.29, 0.717) is 0 Å². The summed E-state index contributed by atoms with van der Waals surface area (Å²) in [6.45, 7) is 6.61. The first-order valence-corrected chi connectivity index (χ1v) is 3.44. The summed E-state index contributed by atoms with van der Waals surface area (Å²) in [7, 11) is 1.17. The Labute approximate surface area is 74.6 Å². The lowest BCUT2D eigenvalue weighted by molar-refractivity contribution is 0.0595. The standard InChI is InChI=1S/C9H6FNO2/c1-11-6-3-4-7(8(10)5-6)9(12)13-2/h3-5H,2H3. The van der Waals surface area contributed by atoms with Crippen LogP contribution in [0.3, 0.4) is 0 Å². The van der Waals surface area contributed by atoms with Crippen LogP contribution in [0.2, 0.25) is 0 Å². The van der Waals surface area contributed by atoms with Gasteiger partial charge < -0.3 is 4.74 Å². The van der Waals surface area contributed by atoms with E-state index >= 15 is 0 Å². The molecule has 13 heavy (non-hydrogen) atoms. The molecule has 0 fully saturated rings. The zero-order valence-corrected chi connectivity index (χ0v) is 6.87. The van der Waals surface area contributed by atoms with E-state index in [4.69, 9.17) is 6.57 Å². The highest BCUT2D eigenvalue weighted by Gasteiger charge is 2.11. The van der Waals surface area contributed by atoms with Crippen molar-refractivity contribution in [1.29, 1.82) is 0 Å². The minimum atomic E-state index is -0.742. The van der Waals surface area contributed by atoms with Crippen LogP contribution in [0.5, 0.6) is 0 Å². The lowest BCUT2D eigenvalue weighted by Crippen LogP contribution is -2.03. The van der Waals surface area contributed by atoms with Gasteiger partial charge >= 0.3 is 5.97 Å². The number of ether oxygens (including phenoxy) is 1. The smallest absolute Gasteiger partial charge is 0.340 e. The van der Waals surface area contributed by atoms with Gasteiger partial charge in [-0.25, -0.2) is 14.0 Å². The molecule has 1 rings (SSSR count). The molecule has 0 radical (unpaired) electrons. The summed E-state index contributed by atoms with van der Waals surface area (Å²) in [6.07, 6.45) is 0. The van der Waals surface area contributed by atoms with Gasteiger partial charge in [0.2, 0.25) is 0 Å². The molecular formula is C9H6FNO2. The maximum atomic E-state index is 13.0. The number of halogens is 1. The molecule has 0 amide bonds. The van der Waals surface area contributed by atoms with Crippen LogP contribution in [0.4, 0.5) is 10.1 Å². The van der Waals surface area contributed by atoms with Crippen molar-refractivity contribution in [3.63, 3.8) is 0 Å². The first-order valence-electron chi connectivity index (χ1n) is 3.44. The highest BCUT2D eigenvalue weighted by molar-refractivity contribution is 5.90. The SMILES string of the molecule is [C-]#[N+]c1ccc(C(=O)OC)c(F)c1. The minimum Gasteiger partial charge on any atom is -0.465 e. The average molecular weight is 179 g/mol. The number of esters is 1. The third kappa shape index (κ3) is 1.82. The quantitative estimate of drug-likeness (QED) is 0.488. The summed E-state index contributed by atoms with van der Waals surface area (Å²) in [5.74, 6) is -1.48. The van der Waals surface area contributed by atoms with E-state index in [0.717, 1.165) is 6.07 Å². The molecule has 0 unspecified atom stereocenters. The number of hydrogen-bond donors (Lipinski definition) is 0. The van der Waals surface area contributed by atoms with E-state index in [1.54, 1.807) is 0 Å². The molecule has 0 aliphatic heterocycles. The molecule has 1 aromatic carbocycles. The zero-order valence-electron chi connectivity index (χ0n) is 6.87. The Bertz CT molecular complexity index is 382. The van der Waals surface area contributed by atoms with Gasteiger partial charge in [-0.15, -0.1) is 0 Å². The summed E-state index contributed by atoms with van der Waals surface area (Å²) in [5, 5.41) is 0. The van der Waals surface area contributed by atoms with Crippen LogP contribution >= 0.6 is 0 Å². The highest BCUT2D eigenvalue weighted by atomic mass is 19.1. The van der Waals surface area contributed by atoms with Gasteiger partial charge in [-0.2, -0.15) is 0 Å². The Morgan fingerprint density at radius 1 is 1.62 bits per heavy atom. The average Bonchev–Trinajstić information content (AvgIpc) is 2.16. The molecule has 0 bridgehead atoms. The summed E-state index contributed by atoms with van der Waals surface area (Å²) in [6, 6.07) is 3.59. The van der Waals surface area contributed by atoms with Gasteiger partial charge in [-0.05, 0) is 6.07 Å². The second-order valence-corrected chi connectivity index (χ2v) is 2.27. The van der Waals surface area contributed by atoms with Crippen LogP contribution in [-0.4, -0.2) is 13.1 Å². The number of carbonyl (C=O) groups is 1. The third-order valence-electron chi connectivity index (χ3n) is 1.49. The maximum absolute atomic E-state index is 13.0. The molecule has 0 aromatic heterocycles. The van der Waals surface area contributed by atoms with E-state index in [9.17, 15) is 9.18 Å². The molecule has 0 spiro atoms. The Kier molecular flexibility index (Phi) is 2.60. The Morgan fingerprint density at radius 2 is 2.31 bits per heavy atom. The van der Waals surface area contributed by atoms with Gasteiger partial charge in [0.1, 0.15) is 5.82 Å². The fourth-order valence-electron chi connectivity index (χ4n) is 0.849. The van der Waals surface area contributed by atoms with Crippen molar-refractivity contribution in [2.45, 2.75) is 0 Å². The summed E-state index contributed by atoms with van der Waals surface area (Å²) in [4.78, 5) is 13.9.